The zero-order valence-electron chi connectivity index (χ0n) is 13.8. The summed E-state index contributed by atoms with van der Waals surface area (Å²) < 4.78 is 2.00. The third-order valence-corrected chi connectivity index (χ3v) is 5.16. The summed E-state index contributed by atoms with van der Waals surface area (Å²) in [6.07, 6.45) is 6.26. The fourth-order valence-corrected chi connectivity index (χ4v) is 3.79. The van der Waals surface area contributed by atoms with E-state index in [2.05, 4.69) is 39.9 Å². The van der Waals surface area contributed by atoms with E-state index in [-0.39, 0.29) is 5.91 Å². The van der Waals surface area contributed by atoms with Crippen molar-refractivity contribution >= 4 is 17.2 Å². The first kappa shape index (κ1) is 16.2. The second-order valence-electron chi connectivity index (χ2n) is 6.39. The lowest BCUT2D eigenvalue weighted by Crippen LogP contribution is -2.41. The van der Waals surface area contributed by atoms with E-state index in [0.29, 0.717) is 19.1 Å². The number of likely N-dealkylation sites (N-methyl/N-ethyl adjacent to an activating group) is 1. The number of nitrogens with zero attached hydrogens (tertiary/aromatic N) is 4. The minimum absolute atomic E-state index is 0.194. The molecular formula is C17H24N4OS. The number of amides is 1. The van der Waals surface area contributed by atoms with Crippen molar-refractivity contribution in [1.82, 2.24) is 19.6 Å². The maximum atomic E-state index is 12.5. The maximum Gasteiger partial charge on any atom is 0.236 e. The molecule has 3 heterocycles. The van der Waals surface area contributed by atoms with Gasteiger partial charge in [-0.3, -0.25) is 14.4 Å². The highest BCUT2D eigenvalue weighted by atomic mass is 32.1. The summed E-state index contributed by atoms with van der Waals surface area (Å²) in [6, 6.07) is 2.49. The van der Waals surface area contributed by atoms with Crippen molar-refractivity contribution in [3.8, 4) is 0 Å². The SMILES string of the molecule is Cc1cnn(C[C@@H]2CCCN2CC(=O)N(C)Cc2ccsc2)c1. The molecule has 6 heteroatoms. The van der Waals surface area contributed by atoms with Gasteiger partial charge in [0.05, 0.1) is 19.3 Å². The van der Waals surface area contributed by atoms with Gasteiger partial charge in [-0.1, -0.05) is 0 Å². The Kier molecular flexibility index (Phi) is 5.13. The average Bonchev–Trinajstić information content (AvgIpc) is 3.24. The molecule has 1 aliphatic rings. The van der Waals surface area contributed by atoms with Crippen molar-refractivity contribution in [3.63, 3.8) is 0 Å². The van der Waals surface area contributed by atoms with Crippen LogP contribution >= 0.6 is 11.3 Å². The molecule has 1 amide bonds. The Hall–Kier alpha value is -1.66. The number of thiophene rings is 1. The summed E-state index contributed by atoms with van der Waals surface area (Å²) in [5, 5.41) is 8.53. The standard InChI is InChI=1S/C17H24N4OS/c1-14-8-18-21(9-14)11-16-4-3-6-20(16)12-17(22)19(2)10-15-5-7-23-13-15/h5,7-9,13,16H,3-4,6,10-12H2,1-2H3/t16-/m0/s1. The Balaban J connectivity index is 1.54. The van der Waals surface area contributed by atoms with E-state index in [1.54, 1.807) is 11.3 Å². The normalized spacial score (nSPS) is 18.4. The smallest absolute Gasteiger partial charge is 0.236 e. The van der Waals surface area contributed by atoms with Crippen LogP contribution in [0.15, 0.2) is 29.2 Å². The lowest BCUT2D eigenvalue weighted by Gasteiger charge is -2.26. The highest BCUT2D eigenvalue weighted by Gasteiger charge is 2.27. The lowest BCUT2D eigenvalue weighted by molar-refractivity contribution is -0.131. The maximum absolute atomic E-state index is 12.5. The van der Waals surface area contributed by atoms with Crippen LogP contribution in [0.3, 0.4) is 0 Å². The zero-order chi connectivity index (χ0) is 16.2. The first-order valence-electron chi connectivity index (χ1n) is 8.10. The minimum atomic E-state index is 0.194. The first-order valence-corrected chi connectivity index (χ1v) is 9.04. The van der Waals surface area contributed by atoms with Gasteiger partial charge in [0.2, 0.25) is 5.91 Å². The van der Waals surface area contributed by atoms with Crippen molar-refractivity contribution in [3.05, 3.63) is 40.3 Å². The number of aryl methyl sites for hydroxylation is 1. The average molecular weight is 332 g/mol. The molecule has 0 N–H and O–H groups in total. The molecular weight excluding hydrogens is 308 g/mol. The number of hydrogen-bond donors (Lipinski definition) is 0. The summed E-state index contributed by atoms with van der Waals surface area (Å²) in [6.45, 7) is 5.13. The van der Waals surface area contributed by atoms with E-state index < -0.39 is 0 Å². The number of rotatable bonds is 6. The molecule has 5 nitrogen and oxygen atoms in total. The third-order valence-electron chi connectivity index (χ3n) is 4.42. The van der Waals surface area contributed by atoms with Gasteiger partial charge in [0.25, 0.3) is 0 Å². The first-order chi connectivity index (χ1) is 11.1. The number of aromatic nitrogens is 2. The van der Waals surface area contributed by atoms with Crippen molar-refractivity contribution < 1.29 is 4.79 Å². The number of likely N-dealkylation sites (tertiary alicyclic amines) is 1. The molecule has 1 atom stereocenters. The van der Waals surface area contributed by atoms with Crippen LogP contribution in [0.5, 0.6) is 0 Å². The summed E-state index contributed by atoms with van der Waals surface area (Å²) in [7, 11) is 1.89. The minimum Gasteiger partial charge on any atom is -0.340 e. The van der Waals surface area contributed by atoms with Gasteiger partial charge in [0, 0.05) is 25.8 Å². The molecule has 0 aliphatic carbocycles. The fraction of sp³-hybridized carbons (Fsp3) is 0.529. The Bertz CT molecular complexity index is 637. The second-order valence-corrected chi connectivity index (χ2v) is 7.17. The molecule has 0 spiro atoms. The molecule has 0 bridgehead atoms. The Morgan fingerprint density at radius 2 is 2.39 bits per heavy atom. The lowest BCUT2D eigenvalue weighted by atomic mass is 10.2. The Labute approximate surface area is 141 Å². The number of carbonyl (C=O) groups is 1. The van der Waals surface area contributed by atoms with Gasteiger partial charge >= 0.3 is 0 Å². The molecule has 1 aliphatic heterocycles. The van der Waals surface area contributed by atoms with E-state index in [0.717, 1.165) is 25.9 Å². The van der Waals surface area contributed by atoms with Crippen molar-refractivity contribution in [2.24, 2.45) is 0 Å². The molecule has 0 saturated carbocycles. The predicted octanol–water partition coefficient (Wildman–Crippen LogP) is 2.38. The molecule has 23 heavy (non-hydrogen) atoms. The van der Waals surface area contributed by atoms with Gasteiger partial charge in [-0.25, -0.2) is 0 Å². The number of hydrogen-bond acceptors (Lipinski definition) is 4. The van der Waals surface area contributed by atoms with E-state index in [1.165, 1.54) is 11.1 Å². The van der Waals surface area contributed by atoms with Crippen LogP contribution in [0, 0.1) is 6.92 Å². The molecule has 1 saturated heterocycles. The van der Waals surface area contributed by atoms with Gasteiger partial charge in [0.1, 0.15) is 0 Å². The van der Waals surface area contributed by atoms with Crippen LogP contribution < -0.4 is 0 Å². The van der Waals surface area contributed by atoms with Crippen LogP contribution in [0.4, 0.5) is 0 Å². The highest BCUT2D eigenvalue weighted by molar-refractivity contribution is 7.07. The molecule has 1 fully saturated rings. The summed E-state index contributed by atoms with van der Waals surface area (Å²) in [4.78, 5) is 16.6. The van der Waals surface area contributed by atoms with Gasteiger partial charge < -0.3 is 4.90 Å². The summed E-state index contributed by atoms with van der Waals surface area (Å²) >= 11 is 1.67. The van der Waals surface area contributed by atoms with E-state index in [9.17, 15) is 4.79 Å². The Morgan fingerprint density at radius 3 is 3.09 bits per heavy atom. The van der Waals surface area contributed by atoms with E-state index in [1.807, 2.05) is 22.8 Å². The predicted molar refractivity (Wildman–Crippen MR) is 92.4 cm³/mol. The summed E-state index contributed by atoms with van der Waals surface area (Å²) in [5.74, 6) is 0.194. The molecule has 124 valence electrons. The van der Waals surface area contributed by atoms with Gasteiger partial charge in [-0.2, -0.15) is 16.4 Å². The van der Waals surface area contributed by atoms with Crippen molar-refractivity contribution in [1.29, 1.82) is 0 Å². The van der Waals surface area contributed by atoms with Gasteiger partial charge in [-0.05, 0) is 54.3 Å². The van der Waals surface area contributed by atoms with Crippen molar-refractivity contribution in [2.75, 3.05) is 20.1 Å². The van der Waals surface area contributed by atoms with E-state index >= 15 is 0 Å². The van der Waals surface area contributed by atoms with Gasteiger partial charge in [0.15, 0.2) is 0 Å². The zero-order valence-corrected chi connectivity index (χ0v) is 14.6. The fourth-order valence-electron chi connectivity index (χ4n) is 3.13. The quantitative estimate of drug-likeness (QED) is 0.815. The van der Waals surface area contributed by atoms with Crippen LogP contribution in [0.25, 0.3) is 0 Å². The van der Waals surface area contributed by atoms with Crippen LogP contribution in [0.2, 0.25) is 0 Å². The topological polar surface area (TPSA) is 41.4 Å². The molecule has 3 rings (SSSR count). The van der Waals surface area contributed by atoms with Crippen LogP contribution in [0.1, 0.15) is 24.0 Å². The monoisotopic (exact) mass is 332 g/mol. The van der Waals surface area contributed by atoms with Crippen LogP contribution in [-0.4, -0.2) is 51.7 Å². The Morgan fingerprint density at radius 1 is 1.52 bits per heavy atom. The molecule has 0 unspecified atom stereocenters. The molecule has 0 aromatic carbocycles. The van der Waals surface area contributed by atoms with E-state index in [4.69, 9.17) is 0 Å². The second kappa shape index (κ2) is 7.27. The highest BCUT2D eigenvalue weighted by Crippen LogP contribution is 2.19. The molecule has 2 aromatic heterocycles. The largest absolute Gasteiger partial charge is 0.340 e. The molecule has 2 aromatic rings. The van der Waals surface area contributed by atoms with Gasteiger partial charge in [-0.15, -0.1) is 0 Å². The third kappa shape index (κ3) is 4.20. The number of carbonyl (C=O) groups excluding carboxylic acids is 1. The van der Waals surface area contributed by atoms with Crippen LogP contribution in [-0.2, 0) is 17.9 Å². The van der Waals surface area contributed by atoms with Crippen molar-refractivity contribution in [2.45, 2.75) is 38.9 Å². The molecule has 0 radical (unpaired) electrons. The summed E-state index contributed by atoms with van der Waals surface area (Å²) in [5.41, 5.74) is 2.39.